The molecule has 0 spiro atoms. The molecule has 0 atom stereocenters. The Morgan fingerprint density at radius 3 is 1.84 bits per heavy atom. The minimum Gasteiger partial charge on any atom is -0.325 e. The van der Waals surface area contributed by atoms with Crippen molar-refractivity contribution in [2.75, 3.05) is 11.1 Å². The van der Waals surface area contributed by atoms with Gasteiger partial charge in [-0.15, -0.1) is 0 Å². The van der Waals surface area contributed by atoms with E-state index in [1.807, 2.05) is 72.8 Å². The average Bonchev–Trinajstić information content (AvgIpc) is 2.98. The van der Waals surface area contributed by atoms with Crippen LogP contribution in [0, 0.1) is 0 Å². The summed E-state index contributed by atoms with van der Waals surface area (Å²) in [6.45, 7) is 0. The van der Waals surface area contributed by atoms with Crippen molar-refractivity contribution in [3.05, 3.63) is 131 Å². The van der Waals surface area contributed by atoms with Crippen molar-refractivity contribution in [1.82, 2.24) is 9.97 Å². The van der Waals surface area contributed by atoms with E-state index in [1.165, 1.54) is 11.8 Å². The molecule has 0 saturated carbocycles. The number of nitrogens with one attached hydrogen (secondary N) is 1. The third-order valence-corrected chi connectivity index (χ3v) is 6.80. The first kappa shape index (κ1) is 25.4. The van der Waals surface area contributed by atoms with Gasteiger partial charge in [0.15, 0.2) is 10.9 Å². The molecule has 4 aromatic carbocycles. The average molecular weight is 536 g/mol. The highest BCUT2D eigenvalue weighted by Gasteiger charge is 2.17. The van der Waals surface area contributed by atoms with Crippen LogP contribution in [0.5, 0.6) is 0 Å². The lowest BCUT2D eigenvalue weighted by Gasteiger charge is -2.12. The number of thioether (sulfide) groups is 1. The highest BCUT2D eigenvalue weighted by molar-refractivity contribution is 7.99. The highest BCUT2D eigenvalue weighted by Crippen LogP contribution is 2.28. The molecule has 5 rings (SSSR count). The number of benzene rings is 4. The third-order valence-electron chi connectivity index (χ3n) is 5.71. The molecule has 5 nitrogen and oxygen atoms in total. The quantitative estimate of drug-likeness (QED) is 0.127. The van der Waals surface area contributed by atoms with Crippen LogP contribution >= 0.6 is 23.4 Å². The normalized spacial score (nSPS) is 10.7. The molecule has 1 amide bonds. The number of anilines is 1. The Kier molecular flexibility index (Phi) is 7.92. The van der Waals surface area contributed by atoms with E-state index in [0.717, 1.165) is 22.5 Å². The Morgan fingerprint density at radius 1 is 0.711 bits per heavy atom. The fraction of sp³-hybridized carbons (Fsp3) is 0.0323. The van der Waals surface area contributed by atoms with Gasteiger partial charge >= 0.3 is 0 Å². The second-order valence-electron chi connectivity index (χ2n) is 8.37. The van der Waals surface area contributed by atoms with E-state index in [2.05, 4.69) is 5.32 Å². The van der Waals surface area contributed by atoms with Crippen LogP contribution in [0.15, 0.2) is 120 Å². The van der Waals surface area contributed by atoms with E-state index >= 15 is 0 Å². The van der Waals surface area contributed by atoms with Gasteiger partial charge in [-0.05, 0) is 24.3 Å². The maximum atomic E-state index is 13.1. The Morgan fingerprint density at radius 2 is 1.26 bits per heavy atom. The fourth-order valence-corrected chi connectivity index (χ4v) is 4.71. The first-order valence-corrected chi connectivity index (χ1v) is 13.2. The van der Waals surface area contributed by atoms with E-state index in [-0.39, 0.29) is 17.4 Å². The lowest BCUT2D eigenvalue weighted by molar-refractivity contribution is -0.113. The van der Waals surface area contributed by atoms with Gasteiger partial charge < -0.3 is 5.32 Å². The standard InChI is InChI=1S/C31H22ClN3O2S/c32-24-16-17-26(25(18-24)30(37)23-14-8-3-9-15-23)33-29(36)20-38-31-34-27(21-10-4-1-5-11-21)19-28(35-31)22-12-6-2-7-13-22/h1-19H,20H2,(H,33,36). The Hall–Kier alpha value is -4.26. The molecule has 1 aromatic heterocycles. The molecule has 0 unspecified atom stereocenters. The SMILES string of the molecule is O=C(CSc1nc(-c2ccccc2)cc(-c2ccccc2)n1)Nc1ccc(Cl)cc1C(=O)c1ccccc1. The van der Waals surface area contributed by atoms with Crippen molar-refractivity contribution in [3.8, 4) is 22.5 Å². The smallest absolute Gasteiger partial charge is 0.234 e. The summed E-state index contributed by atoms with van der Waals surface area (Å²) in [4.78, 5) is 35.5. The van der Waals surface area contributed by atoms with Gasteiger partial charge in [0.1, 0.15) is 0 Å². The molecule has 0 aliphatic heterocycles. The highest BCUT2D eigenvalue weighted by atomic mass is 35.5. The van der Waals surface area contributed by atoms with E-state index in [1.54, 1.807) is 42.5 Å². The minimum atomic E-state index is -0.283. The molecule has 186 valence electrons. The number of hydrogen-bond donors (Lipinski definition) is 1. The first-order valence-electron chi connectivity index (χ1n) is 11.9. The number of aromatic nitrogens is 2. The van der Waals surface area contributed by atoms with Gasteiger partial charge in [0.05, 0.1) is 22.8 Å². The zero-order valence-corrected chi connectivity index (χ0v) is 21.7. The van der Waals surface area contributed by atoms with Crippen LogP contribution in [0.1, 0.15) is 15.9 Å². The fourth-order valence-electron chi connectivity index (χ4n) is 3.88. The maximum Gasteiger partial charge on any atom is 0.234 e. The van der Waals surface area contributed by atoms with Gasteiger partial charge in [0, 0.05) is 27.3 Å². The molecule has 0 saturated heterocycles. The topological polar surface area (TPSA) is 72.0 Å². The Balaban J connectivity index is 1.37. The van der Waals surface area contributed by atoms with Crippen LogP contribution in [0.4, 0.5) is 5.69 Å². The Bertz CT molecular complexity index is 1520. The monoisotopic (exact) mass is 535 g/mol. The molecule has 5 aromatic rings. The molecule has 0 fully saturated rings. The van der Waals surface area contributed by atoms with Crippen LogP contribution in [0.2, 0.25) is 5.02 Å². The molecular formula is C31H22ClN3O2S. The van der Waals surface area contributed by atoms with E-state index in [4.69, 9.17) is 21.6 Å². The number of rotatable bonds is 8. The third kappa shape index (κ3) is 6.17. The van der Waals surface area contributed by atoms with Crippen molar-refractivity contribution < 1.29 is 9.59 Å². The number of carbonyl (C=O) groups excluding carboxylic acids is 2. The lowest BCUT2D eigenvalue weighted by atomic mass is 10.0. The molecule has 38 heavy (non-hydrogen) atoms. The molecule has 0 bridgehead atoms. The molecule has 0 aliphatic rings. The second kappa shape index (κ2) is 11.9. The summed E-state index contributed by atoms with van der Waals surface area (Å²) < 4.78 is 0. The van der Waals surface area contributed by atoms with E-state index < -0.39 is 0 Å². The van der Waals surface area contributed by atoms with Crippen molar-refractivity contribution in [3.63, 3.8) is 0 Å². The van der Waals surface area contributed by atoms with Crippen LogP contribution in [0.3, 0.4) is 0 Å². The summed E-state index contributed by atoms with van der Waals surface area (Å²) in [5.41, 5.74) is 4.71. The molecule has 7 heteroatoms. The Labute approximate surface area is 229 Å². The van der Waals surface area contributed by atoms with Crippen LogP contribution in [-0.2, 0) is 4.79 Å². The maximum absolute atomic E-state index is 13.1. The number of halogens is 1. The largest absolute Gasteiger partial charge is 0.325 e. The van der Waals surface area contributed by atoms with Crippen LogP contribution in [0.25, 0.3) is 22.5 Å². The number of hydrogen-bond acceptors (Lipinski definition) is 5. The van der Waals surface area contributed by atoms with Crippen molar-refractivity contribution in [2.24, 2.45) is 0 Å². The summed E-state index contributed by atoms with van der Waals surface area (Å²) >= 11 is 7.41. The zero-order valence-electron chi connectivity index (χ0n) is 20.2. The van der Waals surface area contributed by atoms with Gasteiger partial charge in [-0.25, -0.2) is 9.97 Å². The molecule has 1 N–H and O–H groups in total. The number of carbonyl (C=O) groups is 2. The summed E-state index contributed by atoms with van der Waals surface area (Å²) in [5.74, 6) is -0.439. The van der Waals surface area contributed by atoms with Crippen LogP contribution < -0.4 is 5.32 Å². The van der Waals surface area contributed by atoms with Crippen molar-refractivity contribution in [1.29, 1.82) is 0 Å². The predicted molar refractivity (Wildman–Crippen MR) is 154 cm³/mol. The summed E-state index contributed by atoms with van der Waals surface area (Å²) in [5, 5.41) is 3.75. The molecule has 1 heterocycles. The number of ketones is 1. The zero-order chi connectivity index (χ0) is 26.3. The summed E-state index contributed by atoms with van der Waals surface area (Å²) in [7, 11) is 0. The molecular weight excluding hydrogens is 514 g/mol. The van der Waals surface area contributed by atoms with Gasteiger partial charge in [-0.1, -0.05) is 114 Å². The van der Waals surface area contributed by atoms with Crippen LogP contribution in [-0.4, -0.2) is 27.4 Å². The van der Waals surface area contributed by atoms with E-state index in [0.29, 0.717) is 27.0 Å². The second-order valence-corrected chi connectivity index (χ2v) is 9.75. The van der Waals surface area contributed by atoms with Gasteiger partial charge in [-0.3, -0.25) is 9.59 Å². The van der Waals surface area contributed by atoms with Crippen molar-refractivity contribution in [2.45, 2.75) is 5.16 Å². The summed E-state index contributed by atoms with van der Waals surface area (Å²) in [6.07, 6.45) is 0. The first-order chi connectivity index (χ1) is 18.6. The lowest BCUT2D eigenvalue weighted by Crippen LogP contribution is -2.17. The van der Waals surface area contributed by atoms with Gasteiger partial charge in [-0.2, -0.15) is 0 Å². The minimum absolute atomic E-state index is 0.0636. The van der Waals surface area contributed by atoms with Crippen molar-refractivity contribution >= 4 is 40.7 Å². The summed E-state index contributed by atoms with van der Waals surface area (Å²) in [6, 6.07) is 35.4. The number of nitrogens with zero attached hydrogens (tertiary/aromatic N) is 2. The number of amides is 1. The predicted octanol–water partition coefficient (Wildman–Crippen LogP) is 7.43. The molecule has 0 radical (unpaired) electrons. The van der Waals surface area contributed by atoms with E-state index in [9.17, 15) is 9.59 Å². The molecule has 0 aliphatic carbocycles. The van der Waals surface area contributed by atoms with Gasteiger partial charge in [0.25, 0.3) is 0 Å². The van der Waals surface area contributed by atoms with Gasteiger partial charge in [0.2, 0.25) is 5.91 Å².